The Morgan fingerprint density at radius 3 is 1.73 bits per heavy atom. The van der Waals surface area contributed by atoms with E-state index in [9.17, 15) is 14.4 Å². The molecule has 1 rings (SSSR count). The molecule has 1 N–H and O–H groups in total. The molecule has 0 unspecified atom stereocenters. The van der Waals surface area contributed by atoms with Crippen molar-refractivity contribution < 1.29 is 28.3 Å². The number of anilines is 2. The first-order valence-electron chi connectivity index (χ1n) is 8.17. The monoisotopic (exact) mass is 368 g/mol. The number of carbonyl (C=O) groups excluding carboxylic acids is 3. The van der Waals surface area contributed by atoms with E-state index in [4.69, 9.17) is 13.9 Å². The average Bonchev–Trinajstić information content (AvgIpc) is 2.80. The average molecular weight is 368 g/mol. The van der Waals surface area contributed by atoms with E-state index in [0.717, 1.165) is 0 Å². The summed E-state index contributed by atoms with van der Waals surface area (Å²) in [6.45, 7) is 12.3. The van der Waals surface area contributed by atoms with Crippen molar-refractivity contribution in [3.05, 3.63) is 11.1 Å². The van der Waals surface area contributed by atoms with Crippen molar-refractivity contribution in [3.8, 4) is 0 Å². The van der Waals surface area contributed by atoms with Gasteiger partial charge in [0.15, 0.2) is 0 Å². The zero-order valence-corrected chi connectivity index (χ0v) is 16.9. The van der Waals surface area contributed by atoms with E-state index in [0.29, 0.717) is 0 Å². The summed E-state index contributed by atoms with van der Waals surface area (Å²) in [6, 6.07) is 0. The fourth-order valence-corrected chi connectivity index (χ4v) is 2.51. The number of rotatable bonds is 4. The molecule has 0 spiro atoms. The van der Waals surface area contributed by atoms with Crippen LogP contribution < -0.4 is 10.2 Å². The predicted octanol–water partition coefficient (Wildman–Crippen LogP) is 3.21. The SMILES string of the molecule is COC(=O)c1c(NC(C)(C)C)oc(N(C(C)=O)C(C)(C)C)c1C(=O)OC. The number of esters is 2. The largest absolute Gasteiger partial charge is 0.465 e. The van der Waals surface area contributed by atoms with Gasteiger partial charge in [-0.3, -0.25) is 9.69 Å². The second-order valence-corrected chi connectivity index (χ2v) is 7.87. The molecule has 1 aromatic heterocycles. The maximum atomic E-state index is 12.5. The second-order valence-electron chi connectivity index (χ2n) is 7.87. The van der Waals surface area contributed by atoms with E-state index in [1.807, 2.05) is 20.8 Å². The molecular formula is C18H28N2O6. The number of methoxy groups -OCH3 is 2. The molecule has 0 aromatic carbocycles. The lowest BCUT2D eigenvalue weighted by atomic mass is 10.0. The smallest absolute Gasteiger partial charge is 0.344 e. The highest BCUT2D eigenvalue weighted by atomic mass is 16.5. The first kappa shape index (κ1) is 21.5. The molecule has 26 heavy (non-hydrogen) atoms. The van der Waals surface area contributed by atoms with Crippen LogP contribution in [0.5, 0.6) is 0 Å². The minimum Gasteiger partial charge on any atom is -0.465 e. The number of hydrogen-bond donors (Lipinski definition) is 1. The fourth-order valence-electron chi connectivity index (χ4n) is 2.51. The Balaban J connectivity index is 3.87. The van der Waals surface area contributed by atoms with Gasteiger partial charge in [-0.1, -0.05) is 0 Å². The van der Waals surface area contributed by atoms with Crippen LogP contribution in [0.25, 0.3) is 0 Å². The van der Waals surface area contributed by atoms with Crippen LogP contribution in [-0.2, 0) is 14.3 Å². The highest BCUT2D eigenvalue weighted by molar-refractivity contribution is 6.11. The van der Waals surface area contributed by atoms with Gasteiger partial charge >= 0.3 is 11.9 Å². The third kappa shape index (κ3) is 4.56. The highest BCUT2D eigenvalue weighted by Gasteiger charge is 2.39. The molecule has 8 heteroatoms. The van der Waals surface area contributed by atoms with E-state index < -0.39 is 23.0 Å². The van der Waals surface area contributed by atoms with Crippen LogP contribution in [0.3, 0.4) is 0 Å². The van der Waals surface area contributed by atoms with Gasteiger partial charge in [0.1, 0.15) is 11.1 Å². The van der Waals surface area contributed by atoms with Gasteiger partial charge in [-0.05, 0) is 41.5 Å². The summed E-state index contributed by atoms with van der Waals surface area (Å²) in [7, 11) is 2.38. The van der Waals surface area contributed by atoms with E-state index >= 15 is 0 Å². The number of carbonyl (C=O) groups is 3. The van der Waals surface area contributed by atoms with E-state index in [2.05, 4.69) is 5.32 Å². The number of ether oxygens (including phenoxy) is 2. The molecular weight excluding hydrogens is 340 g/mol. The van der Waals surface area contributed by atoms with Gasteiger partial charge in [0.05, 0.1) is 14.2 Å². The summed E-state index contributed by atoms with van der Waals surface area (Å²) in [5, 5.41) is 3.04. The highest BCUT2D eigenvalue weighted by Crippen LogP contribution is 2.39. The molecule has 0 aliphatic heterocycles. The number of amides is 1. The molecule has 0 atom stereocenters. The van der Waals surface area contributed by atoms with Crippen molar-refractivity contribution in [1.29, 1.82) is 0 Å². The number of hydrogen-bond acceptors (Lipinski definition) is 7. The molecule has 146 valence electrons. The van der Waals surface area contributed by atoms with Crippen molar-refractivity contribution in [2.45, 2.75) is 59.5 Å². The molecule has 8 nitrogen and oxygen atoms in total. The van der Waals surface area contributed by atoms with Crippen LogP contribution in [0.2, 0.25) is 0 Å². The molecule has 0 saturated heterocycles. The van der Waals surface area contributed by atoms with Crippen molar-refractivity contribution in [2.75, 3.05) is 24.4 Å². The van der Waals surface area contributed by atoms with Crippen LogP contribution in [0.1, 0.15) is 69.2 Å². The van der Waals surface area contributed by atoms with Gasteiger partial charge in [-0.15, -0.1) is 0 Å². The number of nitrogens with zero attached hydrogens (tertiary/aromatic N) is 1. The van der Waals surface area contributed by atoms with Gasteiger partial charge < -0.3 is 19.2 Å². The minimum absolute atomic E-state index is 0.0373. The molecule has 0 saturated carbocycles. The Morgan fingerprint density at radius 1 is 0.923 bits per heavy atom. The standard InChI is InChI=1S/C18H28N2O6/c1-10(21)20(18(5,6)7)14-12(16(23)25-9)11(15(22)24-8)13(26-14)19-17(2,3)4/h19H,1-9H3. The zero-order chi connectivity index (χ0) is 20.4. The van der Waals surface area contributed by atoms with Crippen LogP contribution in [0, 0.1) is 0 Å². The fraction of sp³-hybridized carbons (Fsp3) is 0.611. The van der Waals surface area contributed by atoms with Crippen molar-refractivity contribution in [1.82, 2.24) is 0 Å². The number of furan rings is 1. The quantitative estimate of drug-likeness (QED) is 0.815. The molecule has 0 fully saturated rings. The van der Waals surface area contributed by atoms with Crippen molar-refractivity contribution in [2.24, 2.45) is 0 Å². The lowest BCUT2D eigenvalue weighted by Crippen LogP contribution is -2.45. The second kappa shape index (κ2) is 7.39. The molecule has 1 amide bonds. The third-order valence-corrected chi connectivity index (χ3v) is 3.35. The Labute approximate surface area is 153 Å². The molecule has 0 bridgehead atoms. The Kier molecular flexibility index (Phi) is 6.12. The first-order chi connectivity index (χ1) is 11.7. The van der Waals surface area contributed by atoms with Gasteiger partial charge in [0.25, 0.3) is 0 Å². The van der Waals surface area contributed by atoms with Crippen LogP contribution in [0.15, 0.2) is 4.42 Å². The summed E-state index contributed by atoms with van der Waals surface area (Å²) >= 11 is 0. The van der Waals surface area contributed by atoms with Crippen molar-refractivity contribution in [3.63, 3.8) is 0 Å². The first-order valence-corrected chi connectivity index (χ1v) is 8.17. The van der Waals surface area contributed by atoms with Crippen molar-refractivity contribution >= 4 is 29.6 Å². The summed E-state index contributed by atoms with van der Waals surface area (Å²) in [5.41, 5.74) is -1.46. The Bertz CT molecular complexity index is 706. The maximum Gasteiger partial charge on any atom is 0.344 e. The van der Waals surface area contributed by atoms with Crippen LogP contribution in [-0.4, -0.2) is 43.1 Å². The van der Waals surface area contributed by atoms with Gasteiger partial charge in [-0.25, -0.2) is 9.59 Å². The summed E-state index contributed by atoms with van der Waals surface area (Å²) in [4.78, 5) is 38.4. The van der Waals surface area contributed by atoms with E-state index in [1.54, 1.807) is 20.8 Å². The summed E-state index contributed by atoms with van der Waals surface area (Å²) < 4.78 is 15.5. The van der Waals surface area contributed by atoms with E-state index in [1.165, 1.54) is 26.0 Å². The lowest BCUT2D eigenvalue weighted by Gasteiger charge is -2.33. The normalized spacial score (nSPS) is 11.7. The Morgan fingerprint density at radius 2 is 1.38 bits per heavy atom. The van der Waals surface area contributed by atoms with Gasteiger partial charge in [0.2, 0.25) is 17.7 Å². The minimum atomic E-state index is -0.804. The van der Waals surface area contributed by atoms with E-state index in [-0.39, 0.29) is 28.8 Å². The van der Waals surface area contributed by atoms with Crippen LogP contribution >= 0.6 is 0 Å². The predicted molar refractivity (Wildman–Crippen MR) is 97.7 cm³/mol. The third-order valence-electron chi connectivity index (χ3n) is 3.35. The zero-order valence-electron chi connectivity index (χ0n) is 16.9. The maximum absolute atomic E-state index is 12.5. The van der Waals surface area contributed by atoms with Crippen LogP contribution in [0.4, 0.5) is 11.8 Å². The van der Waals surface area contributed by atoms with Gasteiger partial charge in [0, 0.05) is 18.0 Å². The lowest BCUT2D eigenvalue weighted by molar-refractivity contribution is -0.117. The number of nitrogens with one attached hydrogen (secondary N) is 1. The molecule has 0 aliphatic rings. The Hall–Kier alpha value is -2.51. The molecule has 1 heterocycles. The topological polar surface area (TPSA) is 98.1 Å². The molecule has 0 radical (unpaired) electrons. The molecule has 1 aromatic rings. The summed E-state index contributed by atoms with van der Waals surface area (Å²) in [5.74, 6) is -1.96. The van der Waals surface area contributed by atoms with Gasteiger partial charge in [-0.2, -0.15) is 0 Å². The summed E-state index contributed by atoms with van der Waals surface area (Å²) in [6.07, 6.45) is 0. The molecule has 0 aliphatic carbocycles.